The van der Waals surface area contributed by atoms with Crippen LogP contribution in [0.5, 0.6) is 5.75 Å². The first-order valence-corrected chi connectivity index (χ1v) is 7.92. The number of hydrogen-bond donors (Lipinski definition) is 0. The van der Waals surface area contributed by atoms with Gasteiger partial charge < -0.3 is 4.74 Å². The minimum absolute atomic E-state index is 0.0471. The van der Waals surface area contributed by atoms with Crippen LogP contribution in [0.3, 0.4) is 0 Å². The van der Waals surface area contributed by atoms with Gasteiger partial charge in [0.2, 0.25) is 0 Å². The van der Waals surface area contributed by atoms with E-state index in [-0.39, 0.29) is 11.4 Å². The molecule has 2 heteroatoms. The minimum Gasteiger partial charge on any atom is -0.426 e. The summed E-state index contributed by atoms with van der Waals surface area (Å²) in [7, 11) is 0. The highest BCUT2D eigenvalue weighted by Gasteiger charge is 2.55. The Balaban J connectivity index is 1.58. The van der Waals surface area contributed by atoms with E-state index in [2.05, 4.69) is 0 Å². The van der Waals surface area contributed by atoms with Gasteiger partial charge in [0, 0.05) is 0 Å². The van der Waals surface area contributed by atoms with Gasteiger partial charge in [-0.2, -0.15) is 0 Å². The molecule has 4 aliphatic rings. The summed E-state index contributed by atoms with van der Waals surface area (Å²) < 4.78 is 5.79. The normalized spacial score (nSPS) is 38.0. The molecule has 4 bridgehead atoms. The van der Waals surface area contributed by atoms with Crippen molar-refractivity contribution in [3.63, 3.8) is 0 Å². The Bertz CT molecular complexity index is 511. The minimum atomic E-state index is -0.156. The fourth-order valence-electron chi connectivity index (χ4n) is 5.24. The standard InChI is InChI=1S/C18H22O2/c1-12-4-2-3-5-16(12)20-17(19)18-9-13-6-14(10-18)8-15(7-13)11-18/h2-5,13-15H,6-11H2,1H3. The third-order valence-corrected chi connectivity index (χ3v) is 5.77. The number of carbonyl (C=O) groups is 1. The number of esters is 1. The Hall–Kier alpha value is -1.31. The van der Waals surface area contributed by atoms with E-state index in [0.29, 0.717) is 0 Å². The summed E-state index contributed by atoms with van der Waals surface area (Å²) in [5.41, 5.74) is 0.891. The molecule has 0 saturated heterocycles. The second kappa shape index (κ2) is 4.34. The van der Waals surface area contributed by atoms with Crippen molar-refractivity contribution in [3.05, 3.63) is 29.8 Å². The molecule has 4 fully saturated rings. The van der Waals surface area contributed by atoms with E-state index in [1.165, 1.54) is 19.3 Å². The summed E-state index contributed by atoms with van der Waals surface area (Å²) in [6.45, 7) is 2.00. The lowest BCUT2D eigenvalue weighted by Gasteiger charge is -2.55. The molecule has 1 aromatic rings. The second-order valence-corrected chi connectivity index (χ2v) is 7.35. The molecule has 0 N–H and O–H groups in total. The van der Waals surface area contributed by atoms with Gasteiger partial charge in [0.05, 0.1) is 5.41 Å². The van der Waals surface area contributed by atoms with E-state index in [4.69, 9.17) is 4.74 Å². The molecule has 0 atom stereocenters. The molecule has 2 nitrogen and oxygen atoms in total. The van der Waals surface area contributed by atoms with Crippen LogP contribution in [-0.2, 0) is 4.79 Å². The largest absolute Gasteiger partial charge is 0.426 e. The molecule has 0 aromatic heterocycles. The van der Waals surface area contributed by atoms with Crippen LogP contribution in [0.15, 0.2) is 24.3 Å². The van der Waals surface area contributed by atoms with Gasteiger partial charge in [0.15, 0.2) is 0 Å². The fraction of sp³-hybridized carbons (Fsp3) is 0.611. The van der Waals surface area contributed by atoms with Gasteiger partial charge >= 0.3 is 5.97 Å². The van der Waals surface area contributed by atoms with Crippen LogP contribution in [0.4, 0.5) is 0 Å². The van der Waals surface area contributed by atoms with Crippen LogP contribution in [0.1, 0.15) is 44.1 Å². The van der Waals surface area contributed by atoms with Gasteiger partial charge in [-0.05, 0) is 74.8 Å². The molecule has 0 amide bonds. The third-order valence-electron chi connectivity index (χ3n) is 5.77. The van der Waals surface area contributed by atoms with Gasteiger partial charge in [0.25, 0.3) is 0 Å². The number of para-hydroxylation sites is 1. The van der Waals surface area contributed by atoms with Gasteiger partial charge in [-0.15, -0.1) is 0 Å². The van der Waals surface area contributed by atoms with Crippen molar-refractivity contribution in [2.24, 2.45) is 23.2 Å². The second-order valence-electron chi connectivity index (χ2n) is 7.35. The van der Waals surface area contributed by atoms with Crippen LogP contribution in [0.2, 0.25) is 0 Å². The van der Waals surface area contributed by atoms with E-state index in [0.717, 1.165) is 48.3 Å². The molecule has 1 aromatic carbocycles. The topological polar surface area (TPSA) is 26.3 Å². The van der Waals surface area contributed by atoms with Gasteiger partial charge in [0.1, 0.15) is 5.75 Å². The maximum Gasteiger partial charge on any atom is 0.317 e. The SMILES string of the molecule is Cc1ccccc1OC(=O)C12CC3CC(CC(C3)C1)C2. The lowest BCUT2D eigenvalue weighted by Crippen LogP contribution is -2.51. The van der Waals surface area contributed by atoms with Gasteiger partial charge in [-0.1, -0.05) is 18.2 Å². The molecule has 20 heavy (non-hydrogen) atoms. The Morgan fingerprint density at radius 2 is 1.60 bits per heavy atom. The van der Waals surface area contributed by atoms with Crippen molar-refractivity contribution in [3.8, 4) is 5.75 Å². The van der Waals surface area contributed by atoms with E-state index in [1.807, 2.05) is 31.2 Å². The monoisotopic (exact) mass is 270 g/mol. The molecular weight excluding hydrogens is 248 g/mol. The molecule has 0 unspecified atom stereocenters. The lowest BCUT2D eigenvalue weighted by atomic mass is 9.49. The highest BCUT2D eigenvalue weighted by molar-refractivity contribution is 5.80. The molecule has 106 valence electrons. The molecule has 0 radical (unpaired) electrons. The highest BCUT2D eigenvalue weighted by Crippen LogP contribution is 2.60. The van der Waals surface area contributed by atoms with E-state index < -0.39 is 0 Å². The first-order chi connectivity index (χ1) is 9.64. The summed E-state index contributed by atoms with van der Waals surface area (Å²) in [6, 6.07) is 7.84. The number of hydrogen-bond acceptors (Lipinski definition) is 2. The highest BCUT2D eigenvalue weighted by atomic mass is 16.5. The average Bonchev–Trinajstić information content (AvgIpc) is 2.40. The van der Waals surface area contributed by atoms with Crippen LogP contribution < -0.4 is 4.74 Å². The quantitative estimate of drug-likeness (QED) is 0.597. The molecule has 0 heterocycles. The molecule has 4 aliphatic carbocycles. The van der Waals surface area contributed by atoms with E-state index >= 15 is 0 Å². The maximum atomic E-state index is 12.8. The van der Waals surface area contributed by atoms with Crippen molar-refractivity contribution in [1.82, 2.24) is 0 Å². The summed E-state index contributed by atoms with van der Waals surface area (Å²) >= 11 is 0. The third kappa shape index (κ3) is 1.88. The van der Waals surface area contributed by atoms with Crippen molar-refractivity contribution >= 4 is 5.97 Å². The lowest BCUT2D eigenvalue weighted by molar-refractivity contribution is -0.161. The first kappa shape index (κ1) is 12.4. The summed E-state index contributed by atoms with van der Waals surface area (Å²) in [5, 5.41) is 0. The van der Waals surface area contributed by atoms with Crippen molar-refractivity contribution < 1.29 is 9.53 Å². The van der Waals surface area contributed by atoms with Crippen LogP contribution in [0, 0.1) is 30.1 Å². The predicted molar refractivity (Wildman–Crippen MR) is 77.4 cm³/mol. The van der Waals surface area contributed by atoms with Crippen molar-refractivity contribution in [2.75, 3.05) is 0 Å². The Morgan fingerprint density at radius 1 is 1.05 bits per heavy atom. The number of carbonyl (C=O) groups excluding carboxylic acids is 1. The number of rotatable bonds is 2. The number of ether oxygens (including phenoxy) is 1. The Morgan fingerprint density at radius 3 is 2.15 bits per heavy atom. The molecular formula is C18H22O2. The molecule has 4 saturated carbocycles. The zero-order valence-corrected chi connectivity index (χ0v) is 12.1. The maximum absolute atomic E-state index is 12.8. The number of benzene rings is 1. The summed E-state index contributed by atoms with van der Waals surface area (Å²) in [4.78, 5) is 12.8. The fourth-order valence-corrected chi connectivity index (χ4v) is 5.24. The van der Waals surface area contributed by atoms with Gasteiger partial charge in [-0.25, -0.2) is 0 Å². The average molecular weight is 270 g/mol. The first-order valence-electron chi connectivity index (χ1n) is 7.92. The summed E-state index contributed by atoms with van der Waals surface area (Å²) in [6.07, 6.45) is 7.29. The van der Waals surface area contributed by atoms with Gasteiger partial charge in [-0.3, -0.25) is 4.79 Å². The van der Waals surface area contributed by atoms with Crippen LogP contribution >= 0.6 is 0 Å². The smallest absolute Gasteiger partial charge is 0.317 e. The zero-order valence-electron chi connectivity index (χ0n) is 12.1. The zero-order chi connectivity index (χ0) is 13.7. The van der Waals surface area contributed by atoms with Crippen LogP contribution in [0.25, 0.3) is 0 Å². The molecule has 0 aliphatic heterocycles. The predicted octanol–water partition coefficient (Wildman–Crippen LogP) is 4.12. The van der Waals surface area contributed by atoms with Crippen molar-refractivity contribution in [1.29, 1.82) is 0 Å². The molecule has 0 spiro atoms. The summed E-state index contributed by atoms with van der Waals surface area (Å²) in [5.74, 6) is 3.14. The number of aryl methyl sites for hydroxylation is 1. The molecule has 5 rings (SSSR count). The Kier molecular flexibility index (Phi) is 2.70. The van der Waals surface area contributed by atoms with Crippen molar-refractivity contribution in [2.45, 2.75) is 45.4 Å². The van der Waals surface area contributed by atoms with E-state index in [1.54, 1.807) is 0 Å². The van der Waals surface area contributed by atoms with E-state index in [9.17, 15) is 4.79 Å². The Labute approximate surface area is 120 Å². The van der Waals surface area contributed by atoms with Crippen LogP contribution in [-0.4, -0.2) is 5.97 Å².